The molecular formula is C17H26Cl2N2. The van der Waals surface area contributed by atoms with E-state index in [4.69, 9.17) is 23.2 Å². The molecule has 1 aliphatic heterocycles. The molecule has 1 N–H and O–H groups in total. The van der Waals surface area contributed by atoms with Crippen molar-refractivity contribution in [3.05, 3.63) is 33.8 Å². The first kappa shape index (κ1) is 17.1. The van der Waals surface area contributed by atoms with E-state index in [9.17, 15) is 0 Å². The SMILES string of the molecule is CC(C)NCC1CCCN(C(C)c2cc(Cl)ccc2Cl)C1. The highest BCUT2D eigenvalue weighted by Gasteiger charge is 2.25. The summed E-state index contributed by atoms with van der Waals surface area (Å²) in [6.07, 6.45) is 2.57. The van der Waals surface area contributed by atoms with E-state index in [1.807, 2.05) is 18.2 Å². The molecule has 1 aromatic rings. The monoisotopic (exact) mass is 328 g/mol. The zero-order valence-corrected chi connectivity index (χ0v) is 14.7. The van der Waals surface area contributed by atoms with Gasteiger partial charge in [-0.3, -0.25) is 4.90 Å². The van der Waals surface area contributed by atoms with Gasteiger partial charge in [-0.1, -0.05) is 37.0 Å². The van der Waals surface area contributed by atoms with Gasteiger partial charge in [0.05, 0.1) is 0 Å². The van der Waals surface area contributed by atoms with Crippen molar-refractivity contribution in [1.29, 1.82) is 0 Å². The highest BCUT2D eigenvalue weighted by Crippen LogP contribution is 2.32. The van der Waals surface area contributed by atoms with Gasteiger partial charge >= 0.3 is 0 Å². The van der Waals surface area contributed by atoms with Crippen LogP contribution in [-0.2, 0) is 0 Å². The van der Waals surface area contributed by atoms with E-state index in [0.29, 0.717) is 12.1 Å². The second kappa shape index (κ2) is 7.82. The van der Waals surface area contributed by atoms with Crippen LogP contribution < -0.4 is 5.32 Å². The molecule has 0 aromatic heterocycles. The molecule has 0 spiro atoms. The lowest BCUT2D eigenvalue weighted by atomic mass is 9.95. The molecule has 1 aromatic carbocycles. The average Bonchev–Trinajstić information content (AvgIpc) is 2.47. The molecule has 2 nitrogen and oxygen atoms in total. The van der Waals surface area contributed by atoms with Crippen LogP contribution in [0.15, 0.2) is 18.2 Å². The molecule has 4 heteroatoms. The minimum Gasteiger partial charge on any atom is -0.314 e. The second-order valence-electron chi connectivity index (χ2n) is 6.41. The summed E-state index contributed by atoms with van der Waals surface area (Å²) in [7, 11) is 0. The Bertz CT molecular complexity index is 462. The minimum atomic E-state index is 0.318. The maximum atomic E-state index is 6.35. The van der Waals surface area contributed by atoms with E-state index in [1.165, 1.54) is 12.8 Å². The molecule has 0 radical (unpaired) electrons. The molecule has 0 amide bonds. The Morgan fingerprint density at radius 1 is 1.29 bits per heavy atom. The van der Waals surface area contributed by atoms with Crippen molar-refractivity contribution in [1.82, 2.24) is 10.2 Å². The van der Waals surface area contributed by atoms with Gasteiger partial charge in [0.15, 0.2) is 0 Å². The molecule has 0 aliphatic carbocycles. The summed E-state index contributed by atoms with van der Waals surface area (Å²) in [5.74, 6) is 0.724. The fourth-order valence-electron chi connectivity index (χ4n) is 3.05. The first-order valence-corrected chi connectivity index (χ1v) is 8.65. The maximum absolute atomic E-state index is 6.35. The second-order valence-corrected chi connectivity index (χ2v) is 7.25. The Hall–Kier alpha value is -0.280. The summed E-state index contributed by atoms with van der Waals surface area (Å²) in [4.78, 5) is 2.54. The summed E-state index contributed by atoms with van der Waals surface area (Å²) < 4.78 is 0. The third kappa shape index (κ3) is 4.85. The van der Waals surface area contributed by atoms with Crippen LogP contribution in [0, 0.1) is 5.92 Å². The van der Waals surface area contributed by atoms with Gasteiger partial charge in [0.25, 0.3) is 0 Å². The summed E-state index contributed by atoms with van der Waals surface area (Å²) in [6, 6.07) is 6.63. The highest BCUT2D eigenvalue weighted by molar-refractivity contribution is 6.33. The van der Waals surface area contributed by atoms with Crippen molar-refractivity contribution in [2.75, 3.05) is 19.6 Å². The summed E-state index contributed by atoms with van der Waals surface area (Å²) >= 11 is 12.5. The lowest BCUT2D eigenvalue weighted by Gasteiger charge is -2.37. The zero-order valence-electron chi connectivity index (χ0n) is 13.2. The van der Waals surface area contributed by atoms with E-state index in [2.05, 4.69) is 31.0 Å². The van der Waals surface area contributed by atoms with Crippen molar-refractivity contribution in [2.24, 2.45) is 5.92 Å². The van der Waals surface area contributed by atoms with Crippen molar-refractivity contribution >= 4 is 23.2 Å². The van der Waals surface area contributed by atoms with Gasteiger partial charge in [0.2, 0.25) is 0 Å². The van der Waals surface area contributed by atoms with Crippen LogP contribution >= 0.6 is 23.2 Å². The smallest absolute Gasteiger partial charge is 0.0454 e. The largest absolute Gasteiger partial charge is 0.314 e. The van der Waals surface area contributed by atoms with Gasteiger partial charge in [-0.2, -0.15) is 0 Å². The van der Waals surface area contributed by atoms with Gasteiger partial charge in [-0.25, -0.2) is 0 Å². The van der Waals surface area contributed by atoms with E-state index >= 15 is 0 Å². The Kier molecular flexibility index (Phi) is 6.36. The number of hydrogen-bond donors (Lipinski definition) is 1. The Morgan fingerprint density at radius 2 is 2.05 bits per heavy atom. The number of likely N-dealkylation sites (tertiary alicyclic amines) is 1. The van der Waals surface area contributed by atoms with Gasteiger partial charge in [0.1, 0.15) is 0 Å². The Morgan fingerprint density at radius 3 is 2.76 bits per heavy atom. The summed E-state index contributed by atoms with van der Waals surface area (Å²) in [5.41, 5.74) is 1.14. The first-order chi connectivity index (χ1) is 9.97. The van der Waals surface area contributed by atoms with Crippen molar-refractivity contribution in [3.63, 3.8) is 0 Å². The number of benzene rings is 1. The third-order valence-electron chi connectivity index (χ3n) is 4.32. The molecule has 1 heterocycles. The topological polar surface area (TPSA) is 15.3 Å². The van der Waals surface area contributed by atoms with Crippen LogP contribution in [-0.4, -0.2) is 30.6 Å². The van der Waals surface area contributed by atoms with Crippen LogP contribution in [0.5, 0.6) is 0 Å². The quantitative estimate of drug-likeness (QED) is 0.837. The first-order valence-electron chi connectivity index (χ1n) is 7.89. The number of hydrogen-bond acceptors (Lipinski definition) is 2. The van der Waals surface area contributed by atoms with Crippen LogP contribution in [0.2, 0.25) is 10.0 Å². The molecular weight excluding hydrogens is 303 g/mol. The van der Waals surface area contributed by atoms with E-state index in [0.717, 1.165) is 41.2 Å². The van der Waals surface area contributed by atoms with Crippen molar-refractivity contribution in [3.8, 4) is 0 Å². The molecule has 1 aliphatic rings. The minimum absolute atomic E-state index is 0.318. The lowest BCUT2D eigenvalue weighted by molar-refractivity contribution is 0.129. The van der Waals surface area contributed by atoms with Gasteiger partial charge < -0.3 is 5.32 Å². The third-order valence-corrected chi connectivity index (χ3v) is 4.90. The molecule has 118 valence electrons. The normalized spacial score (nSPS) is 21.7. The Labute approximate surface area is 138 Å². The summed E-state index contributed by atoms with van der Waals surface area (Å²) in [5, 5.41) is 5.14. The standard InChI is InChI=1S/C17H26Cl2N2/c1-12(2)20-10-14-5-4-8-21(11-14)13(3)16-9-15(18)6-7-17(16)19/h6-7,9,12-14,20H,4-5,8,10-11H2,1-3H3. The van der Waals surface area contributed by atoms with Crippen LogP contribution in [0.1, 0.15) is 45.2 Å². The number of nitrogens with zero attached hydrogens (tertiary/aromatic N) is 1. The zero-order chi connectivity index (χ0) is 15.4. The van der Waals surface area contributed by atoms with E-state index in [1.54, 1.807) is 0 Å². The number of halogens is 2. The molecule has 1 saturated heterocycles. The molecule has 0 bridgehead atoms. The highest BCUT2D eigenvalue weighted by atomic mass is 35.5. The Balaban J connectivity index is 2.01. The fraction of sp³-hybridized carbons (Fsp3) is 0.647. The summed E-state index contributed by atoms with van der Waals surface area (Å²) in [6.45, 7) is 10.0. The van der Waals surface area contributed by atoms with Crippen molar-refractivity contribution < 1.29 is 0 Å². The van der Waals surface area contributed by atoms with Crippen molar-refractivity contribution in [2.45, 2.75) is 45.7 Å². The molecule has 2 rings (SSSR count). The van der Waals surface area contributed by atoms with Gasteiger partial charge in [-0.05, 0) is 62.5 Å². The molecule has 1 fully saturated rings. The number of rotatable bonds is 5. The predicted octanol–water partition coefficient (Wildman–Crippen LogP) is 4.76. The number of nitrogens with one attached hydrogen (secondary N) is 1. The molecule has 0 saturated carbocycles. The number of piperidine rings is 1. The van der Waals surface area contributed by atoms with E-state index < -0.39 is 0 Å². The predicted molar refractivity (Wildman–Crippen MR) is 92.3 cm³/mol. The fourth-order valence-corrected chi connectivity index (χ4v) is 3.51. The average molecular weight is 329 g/mol. The molecule has 2 atom stereocenters. The molecule has 2 unspecified atom stereocenters. The molecule has 21 heavy (non-hydrogen) atoms. The maximum Gasteiger partial charge on any atom is 0.0454 e. The van der Waals surface area contributed by atoms with Gasteiger partial charge in [-0.15, -0.1) is 0 Å². The lowest BCUT2D eigenvalue weighted by Crippen LogP contribution is -2.42. The van der Waals surface area contributed by atoms with Gasteiger partial charge in [0, 0.05) is 28.7 Å². The van der Waals surface area contributed by atoms with Crippen LogP contribution in [0.3, 0.4) is 0 Å². The van der Waals surface area contributed by atoms with E-state index in [-0.39, 0.29) is 0 Å². The van der Waals surface area contributed by atoms with Crippen LogP contribution in [0.4, 0.5) is 0 Å². The van der Waals surface area contributed by atoms with Crippen LogP contribution in [0.25, 0.3) is 0 Å².